The molecule has 0 aromatic heterocycles. The summed E-state index contributed by atoms with van der Waals surface area (Å²) < 4.78 is 10.4. The molecule has 1 atom stereocenters. The Balaban J connectivity index is 1.89. The molecule has 1 heterocycles. The van der Waals surface area contributed by atoms with Gasteiger partial charge >= 0.3 is 5.97 Å². The highest BCUT2D eigenvalue weighted by Crippen LogP contribution is 2.25. The molecule has 1 amide bonds. The molecular weight excluding hydrogens is 308 g/mol. The van der Waals surface area contributed by atoms with E-state index in [-0.39, 0.29) is 23.8 Å². The number of nitrogens with one attached hydrogen (secondary N) is 1. The van der Waals surface area contributed by atoms with Crippen molar-refractivity contribution in [2.24, 2.45) is 5.92 Å². The van der Waals surface area contributed by atoms with Crippen molar-refractivity contribution in [1.29, 1.82) is 0 Å². The molecule has 2 rings (SSSR count). The monoisotopic (exact) mass is 334 g/mol. The van der Waals surface area contributed by atoms with Crippen LogP contribution >= 0.6 is 0 Å². The van der Waals surface area contributed by atoms with Crippen molar-refractivity contribution in [3.8, 4) is 5.75 Å². The van der Waals surface area contributed by atoms with Crippen molar-refractivity contribution in [3.05, 3.63) is 24.3 Å². The Morgan fingerprint density at radius 2 is 1.96 bits per heavy atom. The first-order valence-electron chi connectivity index (χ1n) is 8.41. The first kappa shape index (κ1) is 18.1. The number of hydrogen-bond acceptors (Lipinski definition) is 5. The van der Waals surface area contributed by atoms with E-state index >= 15 is 0 Å². The fourth-order valence-electron chi connectivity index (χ4n) is 2.93. The fraction of sp³-hybridized carbons (Fsp3) is 0.556. The van der Waals surface area contributed by atoms with Gasteiger partial charge in [0.25, 0.3) is 0 Å². The van der Waals surface area contributed by atoms with Crippen LogP contribution in [-0.4, -0.2) is 49.6 Å². The van der Waals surface area contributed by atoms with Crippen LogP contribution in [0.1, 0.15) is 26.7 Å². The van der Waals surface area contributed by atoms with Crippen LogP contribution in [0.2, 0.25) is 0 Å². The number of methoxy groups -OCH3 is 1. The maximum atomic E-state index is 12.6. The quantitative estimate of drug-likeness (QED) is 0.809. The van der Waals surface area contributed by atoms with Crippen molar-refractivity contribution < 1.29 is 19.1 Å². The summed E-state index contributed by atoms with van der Waals surface area (Å²) in [6.45, 7) is 5.21. The highest BCUT2D eigenvalue weighted by atomic mass is 16.5. The summed E-state index contributed by atoms with van der Waals surface area (Å²) in [6, 6.07) is 7.16. The van der Waals surface area contributed by atoms with Gasteiger partial charge in [0, 0.05) is 13.1 Å². The summed E-state index contributed by atoms with van der Waals surface area (Å²) in [5.74, 6) is 0.498. The number of benzene rings is 1. The summed E-state index contributed by atoms with van der Waals surface area (Å²) >= 11 is 0. The number of piperidine rings is 1. The maximum Gasteiger partial charge on any atom is 0.309 e. The number of para-hydroxylation sites is 2. The number of carbonyl (C=O) groups is 2. The second kappa shape index (κ2) is 8.57. The number of nitrogens with zero attached hydrogens (tertiary/aromatic N) is 1. The van der Waals surface area contributed by atoms with Gasteiger partial charge in [-0.25, -0.2) is 0 Å². The Kier molecular flexibility index (Phi) is 6.46. The second-order valence-electron chi connectivity index (χ2n) is 5.92. The summed E-state index contributed by atoms with van der Waals surface area (Å²) in [7, 11) is 1.60. The van der Waals surface area contributed by atoms with Crippen molar-refractivity contribution in [1.82, 2.24) is 4.90 Å². The molecular formula is C18H26N2O4. The molecule has 1 unspecified atom stereocenters. The van der Waals surface area contributed by atoms with Gasteiger partial charge in [-0.3, -0.25) is 9.59 Å². The molecule has 6 heteroatoms. The molecule has 0 spiro atoms. The number of esters is 1. The Labute approximate surface area is 143 Å². The summed E-state index contributed by atoms with van der Waals surface area (Å²) in [6.07, 6.45) is 1.32. The first-order chi connectivity index (χ1) is 11.6. The lowest BCUT2D eigenvalue weighted by Crippen LogP contribution is -2.46. The van der Waals surface area contributed by atoms with Crippen molar-refractivity contribution in [2.45, 2.75) is 32.7 Å². The molecule has 1 fully saturated rings. The summed E-state index contributed by atoms with van der Waals surface area (Å²) in [5, 5.41) is 3.20. The summed E-state index contributed by atoms with van der Waals surface area (Å²) in [5.41, 5.74) is 0.794. The van der Waals surface area contributed by atoms with Crippen LogP contribution in [0, 0.1) is 5.92 Å². The Bertz CT molecular complexity index is 568. The van der Waals surface area contributed by atoms with Crippen LogP contribution < -0.4 is 10.1 Å². The molecule has 24 heavy (non-hydrogen) atoms. The highest BCUT2D eigenvalue weighted by Gasteiger charge is 2.30. The number of ether oxygens (including phenoxy) is 2. The molecule has 6 nitrogen and oxygen atoms in total. The molecule has 1 aromatic rings. The molecule has 132 valence electrons. The van der Waals surface area contributed by atoms with E-state index < -0.39 is 0 Å². The van der Waals surface area contributed by atoms with E-state index in [2.05, 4.69) is 5.32 Å². The lowest BCUT2D eigenvalue weighted by atomic mass is 9.96. The van der Waals surface area contributed by atoms with E-state index in [1.165, 1.54) is 0 Å². The molecule has 0 aliphatic carbocycles. The topological polar surface area (TPSA) is 67.9 Å². The van der Waals surface area contributed by atoms with Crippen LogP contribution in [0.25, 0.3) is 0 Å². The summed E-state index contributed by atoms with van der Waals surface area (Å²) in [4.78, 5) is 26.2. The van der Waals surface area contributed by atoms with Crippen LogP contribution in [0.4, 0.5) is 5.69 Å². The van der Waals surface area contributed by atoms with Gasteiger partial charge < -0.3 is 19.7 Å². The van der Waals surface area contributed by atoms with Gasteiger partial charge in [0.1, 0.15) is 11.8 Å². The minimum atomic E-state index is -0.361. The SMILES string of the molecule is CCOC(=O)C1CCN(C(=O)C(C)Nc2ccccc2OC)CC1. The van der Waals surface area contributed by atoms with Gasteiger partial charge in [-0.1, -0.05) is 12.1 Å². The van der Waals surface area contributed by atoms with Gasteiger partial charge in [0.15, 0.2) is 0 Å². The smallest absolute Gasteiger partial charge is 0.309 e. The zero-order valence-corrected chi connectivity index (χ0v) is 14.6. The largest absolute Gasteiger partial charge is 0.495 e. The molecule has 1 aliphatic heterocycles. The normalized spacial score (nSPS) is 16.4. The molecule has 1 saturated heterocycles. The van der Waals surface area contributed by atoms with Crippen LogP contribution in [0.5, 0.6) is 5.75 Å². The number of carbonyl (C=O) groups excluding carboxylic acids is 2. The minimum absolute atomic E-state index is 0.0308. The molecule has 1 aromatic carbocycles. The second-order valence-corrected chi connectivity index (χ2v) is 5.92. The molecule has 0 saturated carbocycles. The van der Waals surface area contributed by atoms with Crippen molar-refractivity contribution in [3.63, 3.8) is 0 Å². The van der Waals surface area contributed by atoms with Gasteiger partial charge in [0.2, 0.25) is 5.91 Å². The Morgan fingerprint density at radius 1 is 1.29 bits per heavy atom. The van der Waals surface area contributed by atoms with E-state index in [1.54, 1.807) is 7.11 Å². The van der Waals surface area contributed by atoms with Gasteiger partial charge in [-0.05, 0) is 38.8 Å². The van der Waals surface area contributed by atoms with Gasteiger partial charge in [-0.15, -0.1) is 0 Å². The average Bonchev–Trinajstić information content (AvgIpc) is 2.61. The van der Waals surface area contributed by atoms with E-state index in [0.29, 0.717) is 38.3 Å². The third kappa shape index (κ3) is 4.40. The highest BCUT2D eigenvalue weighted by molar-refractivity contribution is 5.85. The van der Waals surface area contributed by atoms with Crippen LogP contribution in [-0.2, 0) is 14.3 Å². The number of hydrogen-bond donors (Lipinski definition) is 1. The third-order valence-corrected chi connectivity index (χ3v) is 4.28. The maximum absolute atomic E-state index is 12.6. The Morgan fingerprint density at radius 3 is 2.58 bits per heavy atom. The molecule has 0 radical (unpaired) electrons. The first-order valence-corrected chi connectivity index (χ1v) is 8.41. The van der Waals surface area contributed by atoms with E-state index in [1.807, 2.05) is 43.0 Å². The molecule has 1 aliphatic rings. The van der Waals surface area contributed by atoms with E-state index in [9.17, 15) is 9.59 Å². The van der Waals surface area contributed by atoms with Crippen LogP contribution in [0.15, 0.2) is 24.3 Å². The average molecular weight is 334 g/mol. The standard InChI is InChI=1S/C18H26N2O4/c1-4-24-18(22)14-9-11-20(12-10-14)17(21)13(2)19-15-7-5-6-8-16(15)23-3/h5-8,13-14,19H,4,9-12H2,1-3H3. The zero-order valence-electron chi connectivity index (χ0n) is 14.6. The van der Waals surface area contributed by atoms with Crippen LogP contribution in [0.3, 0.4) is 0 Å². The number of rotatable bonds is 6. The van der Waals surface area contributed by atoms with Crippen molar-refractivity contribution >= 4 is 17.6 Å². The Hall–Kier alpha value is -2.24. The lowest BCUT2D eigenvalue weighted by molar-refractivity contribution is -0.151. The zero-order chi connectivity index (χ0) is 17.5. The number of likely N-dealkylation sites (tertiary alicyclic amines) is 1. The van der Waals surface area contributed by atoms with Crippen molar-refractivity contribution in [2.75, 3.05) is 32.1 Å². The van der Waals surface area contributed by atoms with E-state index in [4.69, 9.17) is 9.47 Å². The minimum Gasteiger partial charge on any atom is -0.495 e. The predicted octanol–water partition coefficient (Wildman–Crippen LogP) is 2.30. The predicted molar refractivity (Wildman–Crippen MR) is 92.0 cm³/mol. The lowest BCUT2D eigenvalue weighted by Gasteiger charge is -2.33. The fourth-order valence-corrected chi connectivity index (χ4v) is 2.93. The van der Waals surface area contributed by atoms with Gasteiger partial charge in [0.05, 0.1) is 25.3 Å². The van der Waals surface area contributed by atoms with Gasteiger partial charge in [-0.2, -0.15) is 0 Å². The number of anilines is 1. The number of amides is 1. The van der Waals surface area contributed by atoms with E-state index in [0.717, 1.165) is 5.69 Å². The molecule has 0 bridgehead atoms. The third-order valence-electron chi connectivity index (χ3n) is 4.28. The molecule has 1 N–H and O–H groups in total.